The zero-order valence-electron chi connectivity index (χ0n) is 41.0. The molecule has 2 saturated heterocycles. The molecule has 3 amide bonds. The molecule has 2 aliphatic rings. The normalized spacial score (nSPS) is 14.4. The molecular weight excluding hydrogens is 934 g/mol. The number of nitrogens with one attached hydrogen (secondary N) is 4. The third-order valence-corrected chi connectivity index (χ3v) is 12.7. The van der Waals surface area contributed by atoms with Gasteiger partial charge in [0.25, 0.3) is 0 Å². The van der Waals surface area contributed by atoms with Crippen molar-refractivity contribution in [1.82, 2.24) is 29.7 Å². The Balaban J connectivity index is 0.000000182. The van der Waals surface area contributed by atoms with Gasteiger partial charge in [0.15, 0.2) is 0 Å². The third kappa shape index (κ3) is 12.5. The quantitative estimate of drug-likeness (QED) is 0.0718. The maximum absolute atomic E-state index is 12.6. The number of likely N-dealkylation sites (tertiary alicyclic amines) is 1. The smallest absolute Gasteiger partial charge is 0.247 e. The summed E-state index contributed by atoms with van der Waals surface area (Å²) < 4.78 is 18.6. The van der Waals surface area contributed by atoms with E-state index in [1.54, 1.807) is 18.0 Å². The summed E-state index contributed by atoms with van der Waals surface area (Å²) in [6, 6.07) is 43.0. The van der Waals surface area contributed by atoms with Gasteiger partial charge in [-0.05, 0) is 96.1 Å². The molecule has 4 heterocycles. The summed E-state index contributed by atoms with van der Waals surface area (Å²) in [5.74, 6) is 1.29. The number of hydrogen-bond acceptors (Lipinski definition) is 12. The number of carbonyl (C=O) groups is 3. The summed E-state index contributed by atoms with van der Waals surface area (Å²) in [6.07, 6.45) is 6.92. The zero-order valence-corrected chi connectivity index (χ0v) is 41.0. The molecule has 0 unspecified atom stereocenters. The second kappa shape index (κ2) is 23.5. The lowest BCUT2D eigenvalue weighted by Gasteiger charge is -2.35. The number of carbonyl (C=O) groups excluding carboxylic acids is 3. The molecule has 1 atom stereocenters. The molecule has 6 aromatic carbocycles. The number of amides is 3. The number of anilines is 7. The van der Waals surface area contributed by atoms with E-state index in [0.29, 0.717) is 36.4 Å². The fourth-order valence-corrected chi connectivity index (χ4v) is 8.90. The second-order valence-corrected chi connectivity index (χ2v) is 17.8. The number of ether oxygens (including phenoxy) is 1. The fraction of sp³-hybridized carbons (Fsp3) is 0.190. The van der Waals surface area contributed by atoms with Gasteiger partial charge in [-0.2, -0.15) is 0 Å². The molecule has 374 valence electrons. The van der Waals surface area contributed by atoms with Crippen molar-refractivity contribution < 1.29 is 23.5 Å². The van der Waals surface area contributed by atoms with Gasteiger partial charge in [0.2, 0.25) is 29.6 Å². The van der Waals surface area contributed by atoms with Gasteiger partial charge in [0.1, 0.15) is 18.5 Å². The van der Waals surface area contributed by atoms with Crippen LogP contribution in [0.3, 0.4) is 0 Å². The van der Waals surface area contributed by atoms with Crippen LogP contribution in [-0.2, 0) is 14.4 Å². The number of hydrogen-bond donors (Lipinski definition) is 4. The largest absolute Gasteiger partial charge is 0.489 e. The Bertz CT molecular complexity index is 3310. The van der Waals surface area contributed by atoms with E-state index in [1.165, 1.54) is 12.2 Å². The monoisotopic (exact) mass is 989 g/mol. The van der Waals surface area contributed by atoms with E-state index < -0.39 is 0 Å². The second-order valence-electron chi connectivity index (χ2n) is 17.8. The molecule has 15 nitrogen and oxygen atoms in total. The molecule has 2 aliphatic heterocycles. The maximum atomic E-state index is 12.6. The van der Waals surface area contributed by atoms with Crippen molar-refractivity contribution in [1.29, 1.82) is 0 Å². The van der Waals surface area contributed by atoms with Crippen molar-refractivity contribution in [2.24, 2.45) is 0 Å². The van der Waals surface area contributed by atoms with Crippen LogP contribution in [0.15, 0.2) is 171 Å². The van der Waals surface area contributed by atoms with Gasteiger partial charge < -0.3 is 35.8 Å². The van der Waals surface area contributed by atoms with E-state index in [-0.39, 0.29) is 30.5 Å². The van der Waals surface area contributed by atoms with E-state index in [4.69, 9.17) is 14.7 Å². The van der Waals surface area contributed by atoms with Crippen LogP contribution in [-0.4, -0.2) is 106 Å². The topological polar surface area (TPSA) is 170 Å². The lowest BCUT2D eigenvalue weighted by Crippen LogP contribution is -2.47. The number of fused-ring (bicyclic) bond motifs is 2. The Hall–Kier alpha value is -9.02. The summed E-state index contributed by atoms with van der Waals surface area (Å²) in [7, 11) is 0. The van der Waals surface area contributed by atoms with Crippen LogP contribution in [0.4, 0.5) is 44.7 Å². The van der Waals surface area contributed by atoms with Crippen LogP contribution in [0.5, 0.6) is 5.75 Å². The lowest BCUT2D eigenvalue weighted by atomic mass is 10.0. The molecule has 4 N–H and O–H groups in total. The molecular formula is C58H56FN11O4. The number of aromatic nitrogens is 4. The number of alkyl halides is 1. The van der Waals surface area contributed by atoms with Crippen molar-refractivity contribution in [3.05, 3.63) is 171 Å². The molecule has 10 rings (SSSR count). The fourth-order valence-electron chi connectivity index (χ4n) is 8.90. The first-order chi connectivity index (χ1) is 36.1. The average Bonchev–Trinajstić information content (AvgIpc) is 3.91. The summed E-state index contributed by atoms with van der Waals surface area (Å²) >= 11 is 0. The van der Waals surface area contributed by atoms with Crippen LogP contribution < -0.4 is 30.9 Å². The molecule has 0 spiro atoms. The molecule has 2 fully saturated rings. The standard InChI is InChI=1S/C29H29FN6O.C29H27N5O3/c1-2-27(37)32-24-7-3-5-21(19-24)26-8-4-6-22-20-31-29(34-28(22)26)33-23-9-11-25(12-10-23)36-17-15-35(14-13-30)16-18-36;1-3-27(36)31-23-8-4-6-20(16-23)26-9-5-7-21-17-30-29(33-28(21)26)32-22-10-12-24(13-11-22)37-25-14-15-34(18-25)19(2)35/h2-12,19-20H,1,13-18H2,(H,32,37)(H,31,33,34);3-13,16-17,25H,1,14-15,18H2,2H3,(H,31,36)(H,30,32,33)/t;25-/m.0/s1. The summed E-state index contributed by atoms with van der Waals surface area (Å²) in [6.45, 7) is 13.7. The van der Waals surface area contributed by atoms with E-state index in [9.17, 15) is 18.8 Å². The molecule has 8 aromatic rings. The third-order valence-electron chi connectivity index (χ3n) is 12.7. The average molecular weight is 990 g/mol. The Labute approximate surface area is 428 Å². The highest BCUT2D eigenvalue weighted by Crippen LogP contribution is 2.32. The van der Waals surface area contributed by atoms with Crippen LogP contribution >= 0.6 is 0 Å². The van der Waals surface area contributed by atoms with E-state index in [0.717, 1.165) is 106 Å². The van der Waals surface area contributed by atoms with Gasteiger partial charge in [-0.1, -0.05) is 73.8 Å². The van der Waals surface area contributed by atoms with Gasteiger partial charge in [-0.15, -0.1) is 0 Å². The first-order valence-corrected chi connectivity index (χ1v) is 24.4. The maximum Gasteiger partial charge on any atom is 0.247 e. The van der Waals surface area contributed by atoms with Gasteiger partial charge in [0, 0.05) is 115 Å². The lowest BCUT2D eigenvalue weighted by molar-refractivity contribution is -0.128. The van der Waals surface area contributed by atoms with Crippen LogP contribution in [0.1, 0.15) is 13.3 Å². The predicted octanol–water partition coefficient (Wildman–Crippen LogP) is 10.4. The molecule has 74 heavy (non-hydrogen) atoms. The van der Waals surface area contributed by atoms with Gasteiger partial charge in [-0.3, -0.25) is 19.3 Å². The van der Waals surface area contributed by atoms with Gasteiger partial charge >= 0.3 is 0 Å². The number of nitrogens with zero attached hydrogens (tertiary/aromatic N) is 7. The highest BCUT2D eigenvalue weighted by Gasteiger charge is 2.25. The van der Waals surface area contributed by atoms with Crippen LogP contribution in [0.2, 0.25) is 0 Å². The Kier molecular flexibility index (Phi) is 15.8. The van der Waals surface area contributed by atoms with Crippen LogP contribution in [0.25, 0.3) is 44.1 Å². The summed E-state index contributed by atoms with van der Waals surface area (Å²) in [4.78, 5) is 59.9. The predicted molar refractivity (Wildman–Crippen MR) is 293 cm³/mol. The highest BCUT2D eigenvalue weighted by atomic mass is 19.1. The minimum absolute atomic E-state index is 0.00791. The molecule has 2 aromatic heterocycles. The first-order valence-electron chi connectivity index (χ1n) is 24.4. The zero-order chi connectivity index (χ0) is 51.4. The minimum atomic E-state index is -0.293. The van der Waals surface area contributed by atoms with E-state index >= 15 is 0 Å². The number of halogens is 1. The van der Waals surface area contributed by atoms with Crippen LogP contribution in [0, 0.1) is 0 Å². The van der Waals surface area contributed by atoms with E-state index in [1.807, 2.05) is 128 Å². The molecule has 0 radical (unpaired) electrons. The molecule has 16 heteroatoms. The SMILES string of the molecule is C=CC(=O)Nc1cccc(-c2cccc3cnc(Nc4ccc(N5CCN(CCF)CC5)cc4)nc23)c1.C=CC(=O)Nc1cccc(-c2cccc3cnc(Nc4ccc(O[C@H]5CCN(C(C)=O)C5)cc4)nc23)c1. The minimum Gasteiger partial charge on any atom is -0.489 e. The summed E-state index contributed by atoms with van der Waals surface area (Å²) in [5.41, 5.74) is 9.59. The number of para-hydroxylation sites is 2. The Morgan fingerprint density at radius 2 is 1.16 bits per heavy atom. The van der Waals surface area contributed by atoms with Gasteiger partial charge in [-0.25, -0.2) is 24.3 Å². The van der Waals surface area contributed by atoms with Crippen molar-refractivity contribution in [3.63, 3.8) is 0 Å². The molecule has 0 aliphatic carbocycles. The first kappa shape index (κ1) is 49.9. The van der Waals surface area contributed by atoms with E-state index in [2.05, 4.69) is 66.3 Å². The number of benzene rings is 6. The molecule has 0 saturated carbocycles. The highest BCUT2D eigenvalue weighted by molar-refractivity contribution is 6.01. The number of rotatable bonds is 15. The van der Waals surface area contributed by atoms with Crippen molar-refractivity contribution in [3.8, 4) is 28.0 Å². The van der Waals surface area contributed by atoms with Crippen molar-refractivity contribution in [2.45, 2.75) is 19.4 Å². The van der Waals surface area contributed by atoms with Gasteiger partial charge in [0.05, 0.1) is 17.6 Å². The van der Waals surface area contributed by atoms with Crippen molar-refractivity contribution in [2.75, 3.05) is 78.7 Å². The Morgan fingerprint density at radius 3 is 1.65 bits per heavy atom. The summed E-state index contributed by atoms with van der Waals surface area (Å²) in [5, 5.41) is 14.0. The molecule has 0 bridgehead atoms. The number of piperazine rings is 1. The Morgan fingerprint density at radius 1 is 0.649 bits per heavy atom. The van der Waals surface area contributed by atoms with Crippen molar-refractivity contribution >= 4 is 79.9 Å².